The molecule has 2 aliphatic heterocycles. The van der Waals surface area contributed by atoms with E-state index in [-0.39, 0.29) is 29.2 Å². The molecular weight excluding hydrogens is 719 g/mol. The summed E-state index contributed by atoms with van der Waals surface area (Å²) in [7, 11) is 0. The number of para-hydroxylation sites is 2. The minimum atomic E-state index is -0.563. The van der Waals surface area contributed by atoms with E-state index in [0.717, 1.165) is 17.1 Å². The SMILES string of the molecule is CC1C=CC=CC1c1nc(-c2ccccc2)nc(N2C3=C(c4ccccc4)C4=C(C(c5ccccc5)C3(C)c3ccccc32)N(c2ccccc2)C2C=CC=CC42C)n1. The van der Waals surface area contributed by atoms with E-state index < -0.39 is 5.41 Å². The Kier molecular flexibility index (Phi) is 8.16. The van der Waals surface area contributed by atoms with Crippen molar-refractivity contribution < 1.29 is 0 Å². The molecule has 3 aliphatic carbocycles. The van der Waals surface area contributed by atoms with Gasteiger partial charge in [-0.2, -0.15) is 9.97 Å². The van der Waals surface area contributed by atoms with Gasteiger partial charge in [0.25, 0.3) is 0 Å². The van der Waals surface area contributed by atoms with Crippen LogP contribution >= 0.6 is 0 Å². The van der Waals surface area contributed by atoms with Gasteiger partial charge in [0.05, 0.1) is 11.7 Å². The summed E-state index contributed by atoms with van der Waals surface area (Å²) in [6.07, 6.45) is 18.0. The first-order valence-corrected chi connectivity index (χ1v) is 20.8. The Morgan fingerprint density at radius 3 is 1.95 bits per heavy atom. The third-order valence-corrected chi connectivity index (χ3v) is 13.4. The van der Waals surface area contributed by atoms with Gasteiger partial charge >= 0.3 is 0 Å². The Labute approximate surface area is 346 Å². The summed E-state index contributed by atoms with van der Waals surface area (Å²) in [5.74, 6) is 2.24. The monoisotopic (exact) mass is 763 g/mol. The van der Waals surface area contributed by atoms with Crippen molar-refractivity contribution in [2.45, 2.75) is 44.1 Å². The van der Waals surface area contributed by atoms with Gasteiger partial charge in [0.1, 0.15) is 5.82 Å². The summed E-state index contributed by atoms with van der Waals surface area (Å²) in [4.78, 5) is 21.3. The lowest BCUT2D eigenvalue weighted by atomic mass is 9.59. The van der Waals surface area contributed by atoms with Gasteiger partial charge in [-0.15, -0.1) is 0 Å². The molecule has 0 saturated heterocycles. The van der Waals surface area contributed by atoms with E-state index in [9.17, 15) is 0 Å². The van der Waals surface area contributed by atoms with Crippen molar-refractivity contribution in [3.8, 4) is 11.4 Å². The molecule has 3 heterocycles. The average Bonchev–Trinajstić information content (AvgIpc) is 3.72. The molecular formula is C54H45N5. The Balaban J connectivity index is 1.29. The van der Waals surface area contributed by atoms with E-state index in [2.05, 4.69) is 219 Å². The minimum Gasteiger partial charge on any atom is -0.336 e. The van der Waals surface area contributed by atoms with Crippen molar-refractivity contribution in [2.75, 3.05) is 9.80 Å². The van der Waals surface area contributed by atoms with Crippen LogP contribution in [0.4, 0.5) is 17.3 Å². The fourth-order valence-electron chi connectivity index (χ4n) is 10.7. The molecule has 6 unspecified atom stereocenters. The second-order valence-electron chi connectivity index (χ2n) is 16.8. The summed E-state index contributed by atoms with van der Waals surface area (Å²) in [6, 6.07) is 52.6. The highest BCUT2D eigenvalue weighted by Gasteiger charge is 2.63. The van der Waals surface area contributed by atoms with E-state index in [4.69, 9.17) is 15.0 Å². The van der Waals surface area contributed by atoms with Gasteiger partial charge in [-0.3, -0.25) is 4.90 Å². The molecule has 0 radical (unpaired) electrons. The number of allylic oxidation sites excluding steroid dienone is 9. The fourth-order valence-corrected chi connectivity index (χ4v) is 10.7. The number of hydrogen-bond acceptors (Lipinski definition) is 5. The van der Waals surface area contributed by atoms with E-state index >= 15 is 0 Å². The molecule has 286 valence electrons. The van der Waals surface area contributed by atoms with Crippen molar-refractivity contribution in [1.29, 1.82) is 0 Å². The lowest BCUT2D eigenvalue weighted by molar-refractivity contribution is 0.479. The van der Waals surface area contributed by atoms with Crippen LogP contribution in [-0.2, 0) is 5.41 Å². The number of anilines is 3. The zero-order valence-corrected chi connectivity index (χ0v) is 33.5. The zero-order chi connectivity index (χ0) is 39.7. The maximum atomic E-state index is 5.54. The summed E-state index contributed by atoms with van der Waals surface area (Å²) in [6.45, 7) is 7.16. The molecule has 0 amide bonds. The molecule has 0 N–H and O–H groups in total. The molecule has 0 saturated carbocycles. The highest BCUT2D eigenvalue weighted by Crippen LogP contribution is 2.69. The van der Waals surface area contributed by atoms with Gasteiger partial charge in [0, 0.05) is 50.9 Å². The van der Waals surface area contributed by atoms with Crippen molar-refractivity contribution in [3.05, 3.63) is 234 Å². The first kappa shape index (κ1) is 35.3. The van der Waals surface area contributed by atoms with Crippen LogP contribution < -0.4 is 9.80 Å². The van der Waals surface area contributed by atoms with Crippen molar-refractivity contribution in [1.82, 2.24) is 15.0 Å². The van der Waals surface area contributed by atoms with E-state index in [1.165, 1.54) is 44.9 Å². The standard InChI is InChI=1S/C54H45N5/c1-36-22-16-17-31-41(36)51-55-50(39-27-12-6-13-28-39)56-52(57-51)59-43-33-19-18-32-42(43)54(3)46(38-25-10-5-11-26-38)48-47(45(49(54)59)37-23-8-4-9-24-37)53(2)35-21-20-34-44(53)58(48)40-29-14-7-15-30-40/h4-36,41,44,46H,1-3H3. The molecule has 0 spiro atoms. The lowest BCUT2D eigenvalue weighted by Gasteiger charge is -2.46. The van der Waals surface area contributed by atoms with Gasteiger partial charge in [-0.1, -0.05) is 183 Å². The molecule has 6 atom stereocenters. The molecule has 1 aromatic heterocycles. The Bertz CT molecular complexity index is 2780. The van der Waals surface area contributed by atoms with E-state index in [0.29, 0.717) is 11.8 Å². The Morgan fingerprint density at radius 1 is 0.593 bits per heavy atom. The van der Waals surface area contributed by atoms with Crippen LogP contribution in [0.5, 0.6) is 0 Å². The maximum Gasteiger partial charge on any atom is 0.238 e. The van der Waals surface area contributed by atoms with Crippen LogP contribution in [-0.4, -0.2) is 21.0 Å². The second kappa shape index (κ2) is 13.6. The minimum absolute atomic E-state index is 0.00171. The quantitative estimate of drug-likeness (QED) is 0.169. The molecule has 11 rings (SSSR count). The molecule has 5 heteroatoms. The Hall–Kier alpha value is -6.85. The van der Waals surface area contributed by atoms with Gasteiger partial charge in [0.2, 0.25) is 5.95 Å². The number of fused-ring (bicyclic) bond motifs is 5. The lowest BCUT2D eigenvalue weighted by Crippen LogP contribution is -2.42. The van der Waals surface area contributed by atoms with Gasteiger partial charge in [-0.05, 0) is 60.2 Å². The topological polar surface area (TPSA) is 45.2 Å². The van der Waals surface area contributed by atoms with E-state index in [1.807, 2.05) is 6.07 Å². The third-order valence-electron chi connectivity index (χ3n) is 13.4. The van der Waals surface area contributed by atoms with Crippen molar-refractivity contribution in [3.63, 3.8) is 0 Å². The summed E-state index contributed by atoms with van der Waals surface area (Å²) in [5, 5.41) is 0. The summed E-state index contributed by atoms with van der Waals surface area (Å²) in [5.41, 5.74) is 11.1. The van der Waals surface area contributed by atoms with Crippen LogP contribution in [0.15, 0.2) is 211 Å². The molecule has 5 aliphatic rings. The Morgan fingerprint density at radius 2 is 1.22 bits per heavy atom. The predicted octanol–water partition coefficient (Wildman–Crippen LogP) is 12.3. The average molecular weight is 764 g/mol. The molecule has 6 aromatic rings. The van der Waals surface area contributed by atoms with Crippen LogP contribution in [0, 0.1) is 11.3 Å². The fraction of sp³-hybridized carbons (Fsp3) is 0.167. The number of rotatable bonds is 6. The van der Waals surface area contributed by atoms with Gasteiger partial charge < -0.3 is 4.90 Å². The normalized spacial score (nSPS) is 26.2. The molecule has 5 aromatic carbocycles. The number of aromatic nitrogens is 3. The first-order valence-electron chi connectivity index (χ1n) is 20.8. The summed E-state index contributed by atoms with van der Waals surface area (Å²) >= 11 is 0. The summed E-state index contributed by atoms with van der Waals surface area (Å²) < 4.78 is 0. The highest BCUT2D eigenvalue weighted by atomic mass is 15.3. The van der Waals surface area contributed by atoms with Crippen LogP contribution in [0.25, 0.3) is 17.0 Å². The smallest absolute Gasteiger partial charge is 0.238 e. The number of benzene rings is 5. The number of hydrogen-bond donors (Lipinski definition) is 0. The van der Waals surface area contributed by atoms with Crippen molar-refractivity contribution in [2.24, 2.45) is 11.3 Å². The largest absolute Gasteiger partial charge is 0.336 e. The maximum absolute atomic E-state index is 5.54. The molecule has 5 nitrogen and oxygen atoms in total. The molecule has 0 fully saturated rings. The third kappa shape index (κ3) is 5.27. The zero-order valence-electron chi connectivity index (χ0n) is 33.5. The van der Waals surface area contributed by atoms with Gasteiger partial charge in [-0.25, -0.2) is 4.98 Å². The van der Waals surface area contributed by atoms with Crippen LogP contribution in [0.2, 0.25) is 0 Å². The first-order chi connectivity index (χ1) is 29.0. The van der Waals surface area contributed by atoms with E-state index in [1.54, 1.807) is 0 Å². The number of nitrogens with zero attached hydrogens (tertiary/aromatic N) is 5. The second-order valence-corrected chi connectivity index (χ2v) is 16.8. The highest BCUT2D eigenvalue weighted by molar-refractivity contribution is 5.98. The van der Waals surface area contributed by atoms with Crippen LogP contribution in [0.1, 0.15) is 55.1 Å². The van der Waals surface area contributed by atoms with Crippen LogP contribution in [0.3, 0.4) is 0 Å². The molecule has 59 heavy (non-hydrogen) atoms. The van der Waals surface area contributed by atoms with Gasteiger partial charge in [0.15, 0.2) is 5.82 Å². The molecule has 0 bridgehead atoms. The predicted molar refractivity (Wildman–Crippen MR) is 240 cm³/mol. The van der Waals surface area contributed by atoms with Crippen molar-refractivity contribution >= 4 is 22.9 Å².